The molecule has 0 N–H and O–H groups in total. The average molecular weight is 300 g/mol. The van der Waals surface area contributed by atoms with Gasteiger partial charge < -0.3 is 5.21 Å². The second-order valence-corrected chi connectivity index (χ2v) is 4.52. The second kappa shape index (κ2) is 3.29. The highest BCUT2D eigenvalue weighted by Crippen LogP contribution is 2.20. The zero-order valence-electron chi connectivity index (χ0n) is 7.76. The van der Waals surface area contributed by atoms with Crippen LogP contribution in [0.15, 0.2) is 28.9 Å². The fourth-order valence-electron chi connectivity index (χ4n) is 1.56. The van der Waals surface area contributed by atoms with Crippen LogP contribution >= 0.6 is 27.5 Å². The zero-order valence-corrected chi connectivity index (χ0v) is 10.1. The molecule has 0 spiro atoms. The number of halogens is 2. The van der Waals surface area contributed by atoms with Crippen LogP contribution in [-0.4, -0.2) is 14.7 Å². The molecule has 1 aromatic carbocycles. The van der Waals surface area contributed by atoms with Crippen molar-refractivity contribution in [1.29, 1.82) is 0 Å². The van der Waals surface area contributed by atoms with Crippen LogP contribution in [0.1, 0.15) is 0 Å². The number of hydrogen-bond acceptors (Lipinski definition) is 3. The maximum absolute atomic E-state index is 11.7. The maximum atomic E-state index is 11.7. The molecule has 3 rings (SSSR count). The van der Waals surface area contributed by atoms with Crippen LogP contribution in [0, 0.1) is 5.21 Å². The number of nitrogens with zero attached hydrogens (tertiary/aromatic N) is 4. The molecule has 5 nitrogen and oxygen atoms in total. The van der Waals surface area contributed by atoms with E-state index in [1.165, 1.54) is 0 Å². The molecule has 2 aromatic heterocycles. The van der Waals surface area contributed by atoms with Crippen molar-refractivity contribution in [1.82, 2.24) is 14.7 Å². The highest BCUT2D eigenvalue weighted by molar-refractivity contribution is 9.10. The van der Waals surface area contributed by atoms with E-state index in [0.717, 1.165) is 0 Å². The predicted octanol–water partition coefficient (Wildman–Crippen LogP) is 1.93. The highest BCUT2D eigenvalue weighted by atomic mass is 79.9. The molecule has 0 saturated heterocycles. The van der Waals surface area contributed by atoms with Gasteiger partial charge in [-0.25, -0.2) is 4.52 Å². The zero-order chi connectivity index (χ0) is 11.3. The van der Waals surface area contributed by atoms with Crippen LogP contribution < -0.4 is 4.85 Å². The van der Waals surface area contributed by atoms with Crippen molar-refractivity contribution in [2.45, 2.75) is 0 Å². The Morgan fingerprint density at radius 3 is 3.06 bits per heavy atom. The molecule has 0 aliphatic rings. The van der Waals surface area contributed by atoms with Crippen molar-refractivity contribution in [3.8, 4) is 0 Å². The third kappa shape index (κ3) is 1.27. The third-order valence-corrected chi connectivity index (χ3v) is 3.05. The van der Waals surface area contributed by atoms with Crippen molar-refractivity contribution < 1.29 is 4.85 Å². The fourth-order valence-corrected chi connectivity index (χ4v) is 2.06. The number of aromatic nitrogens is 4. The molecule has 16 heavy (non-hydrogen) atoms. The summed E-state index contributed by atoms with van der Waals surface area (Å²) < 4.78 is 2.26. The Hall–Kier alpha value is -1.40. The first kappa shape index (κ1) is 9.80. The normalized spacial score (nSPS) is 11.4. The molecule has 0 radical (unpaired) electrons. The van der Waals surface area contributed by atoms with E-state index in [4.69, 9.17) is 11.6 Å². The molecule has 3 aromatic rings. The van der Waals surface area contributed by atoms with Crippen LogP contribution in [0.4, 0.5) is 0 Å². The van der Waals surface area contributed by atoms with E-state index in [-0.39, 0.29) is 0 Å². The SMILES string of the molecule is [O-][n+]1nc2c(Br)cnn2c2ccc(Cl)cc21. The minimum Gasteiger partial charge on any atom is -0.594 e. The largest absolute Gasteiger partial charge is 0.594 e. The first-order valence-electron chi connectivity index (χ1n) is 4.39. The molecule has 7 heteroatoms. The Morgan fingerprint density at radius 2 is 2.25 bits per heavy atom. The number of benzene rings is 1. The van der Waals surface area contributed by atoms with Crippen LogP contribution in [0.3, 0.4) is 0 Å². The maximum Gasteiger partial charge on any atom is 0.272 e. The third-order valence-electron chi connectivity index (χ3n) is 2.26. The van der Waals surface area contributed by atoms with Gasteiger partial charge in [-0.05, 0) is 32.9 Å². The lowest BCUT2D eigenvalue weighted by Gasteiger charge is -2.01. The Kier molecular flexibility index (Phi) is 2.02. The van der Waals surface area contributed by atoms with E-state index in [2.05, 4.69) is 26.1 Å². The molecular weight excluding hydrogens is 295 g/mol. The Labute approximate surface area is 103 Å². The Morgan fingerprint density at radius 1 is 1.44 bits per heavy atom. The van der Waals surface area contributed by atoms with Gasteiger partial charge in [-0.2, -0.15) is 5.10 Å². The van der Waals surface area contributed by atoms with Gasteiger partial charge in [0.15, 0.2) is 0 Å². The van der Waals surface area contributed by atoms with Gasteiger partial charge in [0.05, 0.1) is 10.7 Å². The van der Waals surface area contributed by atoms with Crippen molar-refractivity contribution in [2.24, 2.45) is 0 Å². The predicted molar refractivity (Wildman–Crippen MR) is 62.2 cm³/mol. The quantitative estimate of drug-likeness (QED) is 0.471. The van der Waals surface area contributed by atoms with Crippen molar-refractivity contribution in [2.75, 3.05) is 0 Å². The van der Waals surface area contributed by atoms with Gasteiger partial charge in [0.2, 0.25) is 5.65 Å². The lowest BCUT2D eigenvalue weighted by atomic mass is 10.3. The van der Waals surface area contributed by atoms with Crippen LogP contribution in [0.5, 0.6) is 0 Å². The number of rotatable bonds is 0. The van der Waals surface area contributed by atoms with Crippen LogP contribution in [0.25, 0.3) is 16.7 Å². The molecule has 0 bridgehead atoms. The summed E-state index contributed by atoms with van der Waals surface area (Å²) in [6, 6.07) is 5.00. The van der Waals surface area contributed by atoms with E-state index >= 15 is 0 Å². The molecule has 0 unspecified atom stereocenters. The molecule has 0 aliphatic heterocycles. The van der Waals surface area contributed by atoms with Gasteiger partial charge in [0.25, 0.3) is 5.52 Å². The first-order chi connectivity index (χ1) is 7.66. The Bertz CT molecular complexity index is 711. The van der Waals surface area contributed by atoms with Crippen LogP contribution in [0.2, 0.25) is 5.02 Å². The van der Waals surface area contributed by atoms with Gasteiger partial charge >= 0.3 is 0 Å². The monoisotopic (exact) mass is 298 g/mol. The summed E-state index contributed by atoms with van der Waals surface area (Å²) in [5, 5.41) is 20.2. The van der Waals surface area contributed by atoms with E-state index < -0.39 is 0 Å². The molecule has 0 aliphatic carbocycles. The molecule has 0 atom stereocenters. The molecule has 2 heterocycles. The summed E-state index contributed by atoms with van der Waals surface area (Å²) in [6.07, 6.45) is 1.59. The van der Waals surface area contributed by atoms with E-state index in [1.54, 1.807) is 28.9 Å². The summed E-state index contributed by atoms with van der Waals surface area (Å²) in [6.45, 7) is 0. The molecule has 0 saturated carbocycles. The lowest BCUT2D eigenvalue weighted by molar-refractivity contribution is -0.640. The standard InChI is InChI=1S/C9H4BrClN4O/c10-6-4-12-14-7-2-1-5(11)3-8(7)15(16)13-9(6)14/h1-4H. The smallest absolute Gasteiger partial charge is 0.272 e. The van der Waals surface area contributed by atoms with E-state index in [9.17, 15) is 5.21 Å². The van der Waals surface area contributed by atoms with Crippen molar-refractivity contribution >= 4 is 44.2 Å². The van der Waals surface area contributed by atoms with Gasteiger partial charge in [0.1, 0.15) is 5.52 Å². The molecule has 0 amide bonds. The summed E-state index contributed by atoms with van der Waals surface area (Å²) >= 11 is 9.11. The van der Waals surface area contributed by atoms with Gasteiger partial charge in [-0.3, -0.25) is 0 Å². The summed E-state index contributed by atoms with van der Waals surface area (Å²) in [5.74, 6) is 0. The van der Waals surface area contributed by atoms with E-state index in [0.29, 0.717) is 31.0 Å². The van der Waals surface area contributed by atoms with Crippen molar-refractivity contribution in [3.05, 3.63) is 39.1 Å². The topological polar surface area (TPSA) is 57.1 Å². The lowest BCUT2D eigenvalue weighted by Crippen LogP contribution is -2.33. The minimum atomic E-state index is 0.385. The molecule has 80 valence electrons. The van der Waals surface area contributed by atoms with Gasteiger partial charge in [-0.15, -0.1) is 0 Å². The molecule has 0 fully saturated rings. The fraction of sp³-hybridized carbons (Fsp3) is 0. The second-order valence-electron chi connectivity index (χ2n) is 3.23. The van der Waals surface area contributed by atoms with Gasteiger partial charge in [-0.1, -0.05) is 11.6 Å². The number of fused-ring (bicyclic) bond motifs is 3. The summed E-state index contributed by atoms with van der Waals surface area (Å²) in [4.78, 5) is 0.545. The van der Waals surface area contributed by atoms with Crippen molar-refractivity contribution in [3.63, 3.8) is 0 Å². The minimum absolute atomic E-state index is 0.385. The first-order valence-corrected chi connectivity index (χ1v) is 5.56. The number of hydrogen-bond donors (Lipinski definition) is 0. The van der Waals surface area contributed by atoms with Gasteiger partial charge in [0, 0.05) is 16.2 Å². The van der Waals surface area contributed by atoms with Crippen LogP contribution in [-0.2, 0) is 0 Å². The average Bonchev–Trinajstić information content (AvgIpc) is 2.61. The molecular formula is C9H4BrClN4O. The highest BCUT2D eigenvalue weighted by Gasteiger charge is 2.14. The summed E-state index contributed by atoms with van der Waals surface area (Å²) in [5.41, 5.74) is 1.52. The van der Waals surface area contributed by atoms with E-state index in [1.807, 2.05) is 0 Å². The summed E-state index contributed by atoms with van der Waals surface area (Å²) in [7, 11) is 0. The Balaban J connectivity index is 2.60.